The van der Waals surface area contributed by atoms with Crippen LogP contribution in [-0.4, -0.2) is 67.5 Å². The highest BCUT2D eigenvalue weighted by Gasteiger charge is 2.47. The maximum atomic E-state index is 11.4. The number of thiophene rings is 1. The van der Waals surface area contributed by atoms with Crippen LogP contribution in [0.1, 0.15) is 11.6 Å². The third-order valence-electron chi connectivity index (χ3n) is 3.13. The van der Waals surface area contributed by atoms with E-state index in [1.165, 1.54) is 0 Å². The number of aliphatic hydroxyl groups is 5. The molecular weight excluding hydrogens is 392 g/mol. The van der Waals surface area contributed by atoms with E-state index in [4.69, 9.17) is 15.4 Å². The molecule has 0 fully saturated rings. The number of rotatable bonds is 5. The van der Waals surface area contributed by atoms with Gasteiger partial charge in [0.05, 0.1) is 6.04 Å². The maximum absolute atomic E-state index is 11.4. The van der Waals surface area contributed by atoms with Crippen molar-refractivity contribution in [2.24, 2.45) is 5.14 Å². The lowest BCUT2D eigenvalue weighted by molar-refractivity contribution is -0.306. The summed E-state index contributed by atoms with van der Waals surface area (Å²) in [6, 6.07) is -0.478. The van der Waals surface area contributed by atoms with E-state index in [0.717, 1.165) is 6.07 Å². The molecule has 1 aromatic rings. The zero-order valence-electron chi connectivity index (χ0n) is 11.6. The number of hydrogen-bond acceptors (Lipinski definition) is 12. The highest BCUT2D eigenvalue weighted by Crippen LogP contribution is 2.62. The number of fused-ring (bicyclic) bond motifs is 1. The van der Waals surface area contributed by atoms with Gasteiger partial charge in [-0.1, -0.05) is 0 Å². The molecular formula is C9H16N2O10S3. The lowest BCUT2D eigenvalue weighted by atomic mass is 10.0. The van der Waals surface area contributed by atoms with Crippen molar-refractivity contribution in [1.82, 2.24) is 5.32 Å². The molecule has 0 spiro atoms. The van der Waals surface area contributed by atoms with Gasteiger partial charge in [0.2, 0.25) is 16.4 Å². The molecule has 1 aliphatic heterocycles. The van der Waals surface area contributed by atoms with E-state index >= 15 is 0 Å². The molecule has 0 radical (unpaired) electrons. The predicted octanol–water partition coefficient (Wildman–Crippen LogP) is -2.61. The van der Waals surface area contributed by atoms with Crippen molar-refractivity contribution in [3.05, 3.63) is 11.6 Å². The second kappa shape index (κ2) is 6.72. The summed E-state index contributed by atoms with van der Waals surface area (Å²) in [5.41, 5.74) is -2.25. The summed E-state index contributed by atoms with van der Waals surface area (Å²) in [6.45, 7) is -2.36. The third-order valence-corrected chi connectivity index (χ3v) is 8.22. The average molecular weight is 408 g/mol. The fourth-order valence-electron chi connectivity index (χ4n) is 2.11. The molecule has 4 unspecified atom stereocenters. The SMILES string of the molecule is NS(=O)(=O)c1cc2c(s1)S(O)(O)C(O)C(O)C2NC(O)OC(O)O. The standard InChI is InChI=1S/C9H16N2O10S3/c10-24(19,20)3-1-2-4(11-8(14)21-9(15)16)5(12)6(13)23(17,18)7(2)22-3/h1,4-6,8-9,11-18H,(H2,10,19,20). The molecule has 0 saturated heterocycles. The quantitative estimate of drug-likeness (QED) is 0.229. The number of nitrogens with one attached hydrogen (secondary N) is 1. The Kier molecular flexibility index (Phi) is 5.58. The molecule has 12 nitrogen and oxygen atoms in total. The fraction of sp³-hybridized carbons (Fsp3) is 0.556. The van der Waals surface area contributed by atoms with Gasteiger partial charge in [0.1, 0.15) is 14.5 Å². The van der Waals surface area contributed by atoms with E-state index in [2.05, 4.69) is 10.1 Å². The molecule has 0 aromatic carbocycles. The minimum absolute atomic E-state index is 0.156. The van der Waals surface area contributed by atoms with Gasteiger partial charge in [0.25, 0.3) is 6.48 Å². The first-order valence-electron chi connectivity index (χ1n) is 6.11. The van der Waals surface area contributed by atoms with E-state index in [1.54, 1.807) is 0 Å². The van der Waals surface area contributed by atoms with Gasteiger partial charge in [0, 0.05) is 5.56 Å². The Morgan fingerprint density at radius 2 is 1.88 bits per heavy atom. The van der Waals surface area contributed by atoms with Crippen LogP contribution in [0.4, 0.5) is 0 Å². The summed E-state index contributed by atoms with van der Waals surface area (Å²) in [7, 11) is -8.17. The molecule has 0 saturated carbocycles. The smallest absolute Gasteiger partial charge is 0.269 e. The van der Waals surface area contributed by atoms with Gasteiger partial charge in [-0.25, -0.2) is 13.6 Å². The summed E-state index contributed by atoms with van der Waals surface area (Å²) in [6.07, 6.45) is -3.93. The average Bonchev–Trinajstić information content (AvgIpc) is 2.87. The molecule has 2 heterocycles. The molecule has 10 N–H and O–H groups in total. The van der Waals surface area contributed by atoms with Gasteiger partial charge < -0.3 is 25.5 Å². The third kappa shape index (κ3) is 3.73. The minimum Gasteiger partial charge on any atom is -0.387 e. The van der Waals surface area contributed by atoms with Gasteiger partial charge in [-0.3, -0.25) is 19.2 Å². The molecule has 15 heteroatoms. The van der Waals surface area contributed by atoms with Crippen molar-refractivity contribution in [3.63, 3.8) is 0 Å². The van der Waals surface area contributed by atoms with Crippen LogP contribution < -0.4 is 10.5 Å². The fourth-order valence-corrected chi connectivity index (χ4v) is 6.30. The first-order chi connectivity index (χ1) is 10.9. The van der Waals surface area contributed by atoms with E-state index in [9.17, 15) is 32.8 Å². The van der Waals surface area contributed by atoms with Gasteiger partial charge in [-0.2, -0.15) is 0 Å². The molecule has 0 bridgehead atoms. The minimum atomic E-state index is -4.21. The zero-order valence-corrected chi connectivity index (χ0v) is 14.1. The van der Waals surface area contributed by atoms with Crippen LogP contribution >= 0.6 is 21.9 Å². The Bertz CT molecular complexity index is 704. The lowest BCUT2D eigenvalue weighted by Crippen LogP contribution is -2.49. The molecule has 1 aliphatic rings. The number of primary sulfonamides is 1. The topological polar surface area (TPSA) is 223 Å². The number of sulfonamides is 1. The Balaban J connectivity index is 2.48. The van der Waals surface area contributed by atoms with E-state index < -0.39 is 55.3 Å². The summed E-state index contributed by atoms with van der Waals surface area (Å²) in [4.78, 5) is 0. The van der Waals surface area contributed by atoms with Crippen LogP contribution in [0.15, 0.2) is 14.5 Å². The van der Waals surface area contributed by atoms with Crippen LogP contribution in [0.2, 0.25) is 0 Å². The summed E-state index contributed by atoms with van der Waals surface area (Å²) in [5, 5.41) is 53.8. The number of ether oxygens (including phenoxy) is 1. The van der Waals surface area contributed by atoms with Gasteiger partial charge in [-0.15, -0.1) is 21.9 Å². The van der Waals surface area contributed by atoms with Crippen LogP contribution in [0.25, 0.3) is 0 Å². The van der Waals surface area contributed by atoms with E-state index in [1.807, 2.05) is 0 Å². The van der Waals surface area contributed by atoms with Gasteiger partial charge >= 0.3 is 0 Å². The normalized spacial score (nSPS) is 29.3. The lowest BCUT2D eigenvalue weighted by Gasteiger charge is -2.45. The van der Waals surface area contributed by atoms with Gasteiger partial charge in [-0.05, 0) is 6.07 Å². The number of aliphatic hydroxyl groups excluding tert-OH is 4. The first kappa shape index (κ1) is 19.9. The van der Waals surface area contributed by atoms with Crippen molar-refractivity contribution in [3.8, 4) is 0 Å². The molecule has 140 valence electrons. The maximum Gasteiger partial charge on any atom is 0.269 e. The largest absolute Gasteiger partial charge is 0.387 e. The van der Waals surface area contributed by atoms with Crippen molar-refractivity contribution in [1.29, 1.82) is 0 Å². The Morgan fingerprint density at radius 1 is 1.29 bits per heavy atom. The first-order valence-corrected chi connectivity index (χ1v) is 10.1. The number of nitrogens with two attached hydrogens (primary N) is 1. The molecule has 2 rings (SSSR count). The Labute approximate surface area is 141 Å². The summed E-state index contributed by atoms with van der Waals surface area (Å²) >= 11 is 0.391. The summed E-state index contributed by atoms with van der Waals surface area (Å²) < 4.78 is 46.4. The van der Waals surface area contributed by atoms with Crippen molar-refractivity contribution in [2.45, 2.75) is 38.9 Å². The monoisotopic (exact) mass is 408 g/mol. The van der Waals surface area contributed by atoms with Crippen molar-refractivity contribution >= 4 is 31.9 Å². The zero-order chi connectivity index (χ0) is 18.4. The molecule has 4 atom stereocenters. The highest BCUT2D eigenvalue weighted by molar-refractivity contribution is 8.26. The van der Waals surface area contributed by atoms with Gasteiger partial charge in [0.15, 0.2) is 5.44 Å². The van der Waals surface area contributed by atoms with Crippen molar-refractivity contribution in [2.75, 3.05) is 0 Å². The van der Waals surface area contributed by atoms with Crippen LogP contribution in [0, 0.1) is 0 Å². The second-order valence-electron chi connectivity index (χ2n) is 4.79. The Morgan fingerprint density at radius 3 is 2.38 bits per heavy atom. The van der Waals surface area contributed by atoms with E-state index in [0.29, 0.717) is 11.3 Å². The van der Waals surface area contributed by atoms with Crippen LogP contribution in [-0.2, 0) is 14.8 Å². The van der Waals surface area contributed by atoms with E-state index in [-0.39, 0.29) is 9.77 Å². The van der Waals surface area contributed by atoms with Crippen LogP contribution in [0.3, 0.4) is 0 Å². The van der Waals surface area contributed by atoms with Crippen LogP contribution in [0.5, 0.6) is 0 Å². The second-order valence-corrected chi connectivity index (χ2v) is 9.96. The number of hydrogen-bond donors (Lipinski definition) is 9. The molecule has 1 aromatic heterocycles. The molecule has 0 aliphatic carbocycles. The molecule has 24 heavy (non-hydrogen) atoms. The predicted molar refractivity (Wildman–Crippen MR) is 80.0 cm³/mol. The summed E-state index contributed by atoms with van der Waals surface area (Å²) in [5.74, 6) is 0. The molecule has 0 amide bonds. The van der Waals surface area contributed by atoms with Crippen molar-refractivity contribution < 1.29 is 47.8 Å². The highest BCUT2D eigenvalue weighted by atomic mass is 32.3. The Hall–Kier alpha value is -0.400.